The zero-order valence-corrected chi connectivity index (χ0v) is 14.2. The molecule has 0 saturated carbocycles. The highest BCUT2D eigenvalue weighted by Crippen LogP contribution is 2.28. The highest BCUT2D eigenvalue weighted by molar-refractivity contribution is 5.87. The van der Waals surface area contributed by atoms with Crippen LogP contribution in [0.1, 0.15) is 31.1 Å². The fourth-order valence-corrected chi connectivity index (χ4v) is 2.68. The molecule has 0 spiro atoms. The van der Waals surface area contributed by atoms with E-state index < -0.39 is 0 Å². The van der Waals surface area contributed by atoms with Gasteiger partial charge in [-0.3, -0.25) is 9.89 Å². The molecule has 0 aliphatic carbocycles. The number of nitrogens with zero attached hydrogens (tertiary/aromatic N) is 2. The maximum atomic E-state index is 12.0. The summed E-state index contributed by atoms with van der Waals surface area (Å²) in [4.78, 5) is 12.0. The molecule has 0 unspecified atom stereocenters. The Morgan fingerprint density at radius 2 is 2.21 bits per heavy atom. The molecule has 0 saturated heterocycles. The van der Waals surface area contributed by atoms with Gasteiger partial charge in [-0.2, -0.15) is 5.10 Å². The number of hydrogen-bond acceptors (Lipinski definition) is 3. The van der Waals surface area contributed by atoms with Crippen LogP contribution in [0, 0.1) is 6.92 Å². The summed E-state index contributed by atoms with van der Waals surface area (Å²) >= 11 is 0. The Kier molecular flexibility index (Phi) is 4.55. The van der Waals surface area contributed by atoms with E-state index in [1.165, 1.54) is 0 Å². The second kappa shape index (κ2) is 6.78. The molecule has 6 heteroatoms. The van der Waals surface area contributed by atoms with Gasteiger partial charge in [-0.1, -0.05) is 6.07 Å². The number of nitrogens with one attached hydrogen (secondary N) is 2. The SMILES string of the molecule is Cc1[nH]ncc1CNC(=O)COc1cccc2c1ccn2C(C)C. The largest absolute Gasteiger partial charge is 0.483 e. The van der Waals surface area contributed by atoms with Crippen molar-refractivity contribution in [2.45, 2.75) is 33.4 Å². The number of aryl methyl sites for hydroxylation is 1. The molecule has 0 radical (unpaired) electrons. The van der Waals surface area contributed by atoms with E-state index in [1.807, 2.05) is 31.3 Å². The first-order valence-electron chi connectivity index (χ1n) is 8.04. The molecular formula is C18H22N4O2. The highest BCUT2D eigenvalue weighted by atomic mass is 16.5. The average Bonchev–Trinajstić information content (AvgIpc) is 3.17. The van der Waals surface area contributed by atoms with Gasteiger partial charge in [0.15, 0.2) is 6.61 Å². The summed E-state index contributed by atoms with van der Waals surface area (Å²) in [7, 11) is 0. The number of carbonyl (C=O) groups is 1. The van der Waals surface area contributed by atoms with Gasteiger partial charge in [0.05, 0.1) is 11.7 Å². The van der Waals surface area contributed by atoms with Crippen molar-refractivity contribution in [3.63, 3.8) is 0 Å². The Bertz CT molecular complexity index is 848. The number of ether oxygens (including phenoxy) is 1. The van der Waals surface area contributed by atoms with Crippen LogP contribution in [0.5, 0.6) is 5.75 Å². The minimum atomic E-state index is -0.157. The fraction of sp³-hybridized carbons (Fsp3) is 0.333. The number of aromatic amines is 1. The molecule has 2 N–H and O–H groups in total. The van der Waals surface area contributed by atoms with Crippen molar-refractivity contribution < 1.29 is 9.53 Å². The minimum absolute atomic E-state index is 0.0110. The summed E-state index contributed by atoms with van der Waals surface area (Å²) in [5.74, 6) is 0.567. The number of benzene rings is 1. The Morgan fingerprint density at radius 3 is 2.92 bits per heavy atom. The van der Waals surface area contributed by atoms with Crippen LogP contribution in [-0.4, -0.2) is 27.3 Å². The molecular weight excluding hydrogens is 304 g/mol. The van der Waals surface area contributed by atoms with E-state index in [9.17, 15) is 4.79 Å². The summed E-state index contributed by atoms with van der Waals surface area (Å²) in [6, 6.07) is 8.30. The lowest BCUT2D eigenvalue weighted by molar-refractivity contribution is -0.123. The molecule has 3 aromatic rings. The van der Waals surface area contributed by atoms with E-state index in [2.05, 4.69) is 40.0 Å². The van der Waals surface area contributed by atoms with Crippen LogP contribution in [0.4, 0.5) is 0 Å². The van der Waals surface area contributed by atoms with Crippen molar-refractivity contribution in [1.29, 1.82) is 0 Å². The predicted molar refractivity (Wildman–Crippen MR) is 93.0 cm³/mol. The van der Waals surface area contributed by atoms with Crippen LogP contribution >= 0.6 is 0 Å². The highest BCUT2D eigenvalue weighted by Gasteiger charge is 2.10. The molecule has 2 aromatic heterocycles. The summed E-state index contributed by atoms with van der Waals surface area (Å²) in [5, 5.41) is 10.6. The molecule has 24 heavy (non-hydrogen) atoms. The summed E-state index contributed by atoms with van der Waals surface area (Å²) < 4.78 is 7.91. The Hall–Kier alpha value is -2.76. The number of H-pyrrole nitrogens is 1. The smallest absolute Gasteiger partial charge is 0.258 e. The quantitative estimate of drug-likeness (QED) is 0.731. The second-order valence-corrected chi connectivity index (χ2v) is 6.09. The molecule has 1 amide bonds. The lowest BCUT2D eigenvalue weighted by Gasteiger charge is -2.11. The third kappa shape index (κ3) is 3.27. The lowest BCUT2D eigenvalue weighted by atomic mass is 10.2. The second-order valence-electron chi connectivity index (χ2n) is 6.09. The zero-order chi connectivity index (χ0) is 17.1. The van der Waals surface area contributed by atoms with Crippen molar-refractivity contribution in [3.8, 4) is 5.75 Å². The summed E-state index contributed by atoms with van der Waals surface area (Å²) in [6.07, 6.45) is 3.76. The van der Waals surface area contributed by atoms with E-state index >= 15 is 0 Å². The van der Waals surface area contributed by atoms with Crippen LogP contribution in [0.2, 0.25) is 0 Å². The van der Waals surface area contributed by atoms with Gasteiger partial charge in [0.1, 0.15) is 5.75 Å². The van der Waals surface area contributed by atoms with Gasteiger partial charge in [-0.25, -0.2) is 0 Å². The fourth-order valence-electron chi connectivity index (χ4n) is 2.68. The van der Waals surface area contributed by atoms with E-state index in [0.29, 0.717) is 12.6 Å². The topological polar surface area (TPSA) is 71.9 Å². The van der Waals surface area contributed by atoms with E-state index in [-0.39, 0.29) is 12.5 Å². The number of amides is 1. The van der Waals surface area contributed by atoms with Crippen LogP contribution in [0.15, 0.2) is 36.7 Å². The zero-order valence-electron chi connectivity index (χ0n) is 14.2. The van der Waals surface area contributed by atoms with Gasteiger partial charge >= 0.3 is 0 Å². The van der Waals surface area contributed by atoms with Crippen LogP contribution in [0.25, 0.3) is 10.9 Å². The Morgan fingerprint density at radius 1 is 1.38 bits per heavy atom. The van der Waals surface area contributed by atoms with Gasteiger partial charge < -0.3 is 14.6 Å². The summed E-state index contributed by atoms with van der Waals surface area (Å²) in [5.41, 5.74) is 3.03. The van der Waals surface area contributed by atoms with Crippen molar-refractivity contribution in [2.75, 3.05) is 6.61 Å². The van der Waals surface area contributed by atoms with Gasteiger partial charge in [0.2, 0.25) is 0 Å². The monoisotopic (exact) mass is 326 g/mol. The Balaban J connectivity index is 1.63. The van der Waals surface area contributed by atoms with Crippen molar-refractivity contribution in [3.05, 3.63) is 47.9 Å². The number of aromatic nitrogens is 3. The van der Waals surface area contributed by atoms with Gasteiger partial charge in [0.25, 0.3) is 5.91 Å². The van der Waals surface area contributed by atoms with E-state index in [4.69, 9.17) is 4.74 Å². The van der Waals surface area contributed by atoms with Crippen LogP contribution in [-0.2, 0) is 11.3 Å². The van der Waals surface area contributed by atoms with Gasteiger partial charge in [0, 0.05) is 35.4 Å². The molecule has 126 valence electrons. The summed E-state index contributed by atoms with van der Waals surface area (Å²) in [6.45, 7) is 6.63. The standard InChI is InChI=1S/C18H22N4O2/c1-12(2)22-8-7-15-16(22)5-4-6-17(15)24-11-18(23)19-9-14-10-20-21-13(14)3/h4-8,10,12H,9,11H2,1-3H3,(H,19,23)(H,20,21). The maximum absolute atomic E-state index is 12.0. The van der Waals surface area contributed by atoms with Gasteiger partial charge in [-0.05, 0) is 39.0 Å². The first-order chi connectivity index (χ1) is 11.6. The van der Waals surface area contributed by atoms with E-state index in [0.717, 1.165) is 27.9 Å². The first-order valence-corrected chi connectivity index (χ1v) is 8.04. The van der Waals surface area contributed by atoms with E-state index in [1.54, 1.807) is 6.20 Å². The minimum Gasteiger partial charge on any atom is -0.483 e. The normalized spacial score (nSPS) is 11.2. The van der Waals surface area contributed by atoms with Crippen LogP contribution in [0.3, 0.4) is 0 Å². The van der Waals surface area contributed by atoms with Crippen molar-refractivity contribution in [1.82, 2.24) is 20.1 Å². The number of hydrogen-bond donors (Lipinski definition) is 2. The average molecular weight is 326 g/mol. The molecule has 6 nitrogen and oxygen atoms in total. The number of carbonyl (C=O) groups excluding carboxylic acids is 1. The van der Waals surface area contributed by atoms with Crippen LogP contribution < -0.4 is 10.1 Å². The molecule has 0 fully saturated rings. The number of fused-ring (bicyclic) bond motifs is 1. The van der Waals surface area contributed by atoms with Crippen molar-refractivity contribution >= 4 is 16.8 Å². The van der Waals surface area contributed by atoms with Crippen molar-refractivity contribution in [2.24, 2.45) is 0 Å². The lowest BCUT2D eigenvalue weighted by Crippen LogP contribution is -2.28. The molecule has 0 bridgehead atoms. The molecule has 0 aliphatic heterocycles. The third-order valence-corrected chi connectivity index (χ3v) is 4.05. The van der Waals surface area contributed by atoms with Gasteiger partial charge in [-0.15, -0.1) is 0 Å². The predicted octanol–water partition coefficient (Wildman–Crippen LogP) is 2.95. The molecule has 1 aromatic carbocycles. The third-order valence-electron chi connectivity index (χ3n) is 4.05. The Labute approximate surface area is 140 Å². The maximum Gasteiger partial charge on any atom is 0.258 e. The molecule has 3 rings (SSSR count). The first kappa shape index (κ1) is 16.1. The molecule has 0 atom stereocenters. The number of rotatable bonds is 6. The molecule has 0 aliphatic rings. The molecule has 2 heterocycles.